The van der Waals surface area contributed by atoms with Gasteiger partial charge in [-0.1, -0.05) is 0 Å². The summed E-state index contributed by atoms with van der Waals surface area (Å²) in [5.74, 6) is 0. The molecular weight excluding hydrogens is 252 g/mol. The van der Waals surface area contributed by atoms with Crippen molar-refractivity contribution in [3.05, 3.63) is 0 Å². The van der Waals surface area contributed by atoms with Gasteiger partial charge < -0.3 is 20.1 Å². The van der Waals surface area contributed by atoms with Gasteiger partial charge in [0.15, 0.2) is 0 Å². The van der Waals surface area contributed by atoms with Gasteiger partial charge >= 0.3 is 0 Å². The number of nitrogens with zero attached hydrogens (tertiary/aromatic N) is 1. The summed E-state index contributed by atoms with van der Waals surface area (Å²) in [5, 5.41) is 13.5. The summed E-state index contributed by atoms with van der Waals surface area (Å²) in [6.45, 7) is 2.27. The van der Waals surface area contributed by atoms with Crippen LogP contribution in [0.25, 0.3) is 0 Å². The fraction of sp³-hybridized carbons (Fsp3) is 1.00. The van der Waals surface area contributed by atoms with Gasteiger partial charge in [-0.3, -0.25) is 0 Å². The van der Waals surface area contributed by atoms with Crippen molar-refractivity contribution in [3.8, 4) is 0 Å². The molecule has 4 nitrogen and oxygen atoms in total. The van der Waals surface area contributed by atoms with Crippen LogP contribution in [0.3, 0.4) is 0 Å². The Labute approximate surface area is 122 Å². The average molecular weight is 282 g/mol. The largest absolute Gasteiger partial charge is 0.394 e. The predicted octanol–water partition coefficient (Wildman–Crippen LogP) is 1.52. The molecule has 2 saturated carbocycles. The monoisotopic (exact) mass is 282 g/mol. The fourth-order valence-corrected chi connectivity index (χ4v) is 3.88. The molecule has 0 bridgehead atoms. The van der Waals surface area contributed by atoms with E-state index in [2.05, 4.69) is 17.3 Å². The highest BCUT2D eigenvalue weighted by Gasteiger charge is 2.43. The van der Waals surface area contributed by atoms with E-state index in [0.717, 1.165) is 26.0 Å². The molecule has 0 amide bonds. The van der Waals surface area contributed by atoms with Gasteiger partial charge in [-0.05, 0) is 58.4 Å². The molecule has 0 radical (unpaired) electrons. The maximum atomic E-state index is 9.81. The third-order valence-electron chi connectivity index (χ3n) is 5.36. The van der Waals surface area contributed by atoms with Gasteiger partial charge in [0.1, 0.15) is 0 Å². The minimum absolute atomic E-state index is 0.00643. The van der Waals surface area contributed by atoms with Crippen LogP contribution in [0.4, 0.5) is 0 Å². The number of hydrogen-bond donors (Lipinski definition) is 2. The molecule has 1 aliphatic heterocycles. The molecular formula is C16H30N2O2. The Morgan fingerprint density at radius 1 is 1.25 bits per heavy atom. The Morgan fingerprint density at radius 2 is 2.10 bits per heavy atom. The summed E-state index contributed by atoms with van der Waals surface area (Å²) in [4.78, 5) is 2.47. The summed E-state index contributed by atoms with van der Waals surface area (Å²) in [5.41, 5.74) is -0.00643. The minimum atomic E-state index is -0.00643. The normalized spacial score (nSPS) is 38.5. The molecule has 20 heavy (non-hydrogen) atoms. The van der Waals surface area contributed by atoms with Gasteiger partial charge in [0.2, 0.25) is 0 Å². The van der Waals surface area contributed by atoms with Crippen LogP contribution in [0.2, 0.25) is 0 Å². The number of ether oxygens (including phenoxy) is 1. The molecule has 116 valence electrons. The van der Waals surface area contributed by atoms with Crippen LogP contribution in [0.1, 0.15) is 51.4 Å². The lowest BCUT2D eigenvalue weighted by Crippen LogP contribution is -2.49. The standard InChI is InChI=1S/C16H30N2O2/c1-18(11-15-4-2-3-9-20-15)14-7-8-16(10-14,12-19)17-13-5-6-13/h13-15,17,19H,2-12H2,1H3. The first-order chi connectivity index (χ1) is 9.71. The van der Waals surface area contributed by atoms with E-state index in [-0.39, 0.29) is 12.1 Å². The second-order valence-corrected chi connectivity index (χ2v) is 7.18. The SMILES string of the molecule is CN(CC1CCCCO1)C1CCC(CO)(NC2CC2)C1. The Bertz CT molecular complexity index is 316. The number of likely N-dealkylation sites (N-methyl/N-ethyl adjacent to an activating group) is 1. The first kappa shape index (κ1) is 14.8. The highest BCUT2D eigenvalue weighted by molar-refractivity contribution is 5.03. The van der Waals surface area contributed by atoms with Crippen molar-refractivity contribution in [2.24, 2.45) is 0 Å². The number of aliphatic hydroxyl groups is 1. The quantitative estimate of drug-likeness (QED) is 0.775. The molecule has 3 aliphatic rings. The molecule has 0 aromatic heterocycles. The van der Waals surface area contributed by atoms with Gasteiger partial charge in [0, 0.05) is 30.8 Å². The van der Waals surface area contributed by atoms with Gasteiger partial charge in [0.25, 0.3) is 0 Å². The first-order valence-corrected chi connectivity index (χ1v) is 8.41. The number of hydrogen-bond acceptors (Lipinski definition) is 4. The molecule has 1 heterocycles. The second-order valence-electron chi connectivity index (χ2n) is 7.18. The van der Waals surface area contributed by atoms with Crippen molar-refractivity contribution >= 4 is 0 Å². The molecule has 3 fully saturated rings. The molecule has 2 aliphatic carbocycles. The van der Waals surface area contributed by atoms with E-state index in [4.69, 9.17) is 4.74 Å². The predicted molar refractivity (Wildman–Crippen MR) is 79.8 cm³/mol. The van der Waals surface area contributed by atoms with Crippen LogP contribution in [0.5, 0.6) is 0 Å². The number of nitrogens with one attached hydrogen (secondary N) is 1. The molecule has 0 aromatic carbocycles. The maximum absolute atomic E-state index is 9.81. The van der Waals surface area contributed by atoms with E-state index in [1.807, 2.05) is 0 Å². The summed E-state index contributed by atoms with van der Waals surface area (Å²) >= 11 is 0. The van der Waals surface area contributed by atoms with Crippen LogP contribution >= 0.6 is 0 Å². The van der Waals surface area contributed by atoms with E-state index < -0.39 is 0 Å². The van der Waals surface area contributed by atoms with Crippen LogP contribution < -0.4 is 5.32 Å². The molecule has 3 atom stereocenters. The van der Waals surface area contributed by atoms with Gasteiger partial charge in [-0.2, -0.15) is 0 Å². The van der Waals surface area contributed by atoms with Crippen LogP contribution in [0, 0.1) is 0 Å². The summed E-state index contributed by atoms with van der Waals surface area (Å²) in [6.07, 6.45) is 10.1. The Hall–Kier alpha value is -0.160. The van der Waals surface area contributed by atoms with Crippen molar-refractivity contribution in [3.63, 3.8) is 0 Å². The Balaban J connectivity index is 1.49. The third kappa shape index (κ3) is 3.53. The Morgan fingerprint density at radius 3 is 2.75 bits per heavy atom. The second kappa shape index (κ2) is 6.30. The van der Waals surface area contributed by atoms with Gasteiger partial charge in [-0.15, -0.1) is 0 Å². The molecule has 2 N–H and O–H groups in total. The van der Waals surface area contributed by atoms with Crippen molar-refractivity contribution in [1.82, 2.24) is 10.2 Å². The van der Waals surface area contributed by atoms with Gasteiger partial charge in [-0.25, -0.2) is 0 Å². The van der Waals surface area contributed by atoms with E-state index >= 15 is 0 Å². The van der Waals surface area contributed by atoms with E-state index in [9.17, 15) is 5.11 Å². The summed E-state index contributed by atoms with van der Waals surface area (Å²) < 4.78 is 5.85. The molecule has 4 heteroatoms. The fourth-order valence-electron chi connectivity index (χ4n) is 3.88. The number of aliphatic hydroxyl groups excluding tert-OH is 1. The molecule has 3 unspecified atom stereocenters. The number of rotatable bonds is 6. The Kier molecular flexibility index (Phi) is 4.65. The zero-order valence-corrected chi connectivity index (χ0v) is 12.8. The van der Waals surface area contributed by atoms with Crippen molar-refractivity contribution < 1.29 is 9.84 Å². The molecule has 0 spiro atoms. The van der Waals surface area contributed by atoms with Crippen LogP contribution in [-0.4, -0.2) is 60.5 Å². The van der Waals surface area contributed by atoms with E-state index in [0.29, 0.717) is 18.2 Å². The maximum Gasteiger partial charge on any atom is 0.0702 e. The highest BCUT2D eigenvalue weighted by atomic mass is 16.5. The summed E-state index contributed by atoms with van der Waals surface area (Å²) in [7, 11) is 2.23. The van der Waals surface area contributed by atoms with Crippen LogP contribution in [-0.2, 0) is 4.74 Å². The van der Waals surface area contributed by atoms with Crippen LogP contribution in [0.15, 0.2) is 0 Å². The van der Waals surface area contributed by atoms with Gasteiger partial charge in [0.05, 0.1) is 12.7 Å². The minimum Gasteiger partial charge on any atom is -0.394 e. The zero-order valence-electron chi connectivity index (χ0n) is 12.8. The lowest BCUT2D eigenvalue weighted by Gasteiger charge is -2.33. The zero-order chi connectivity index (χ0) is 14.0. The highest BCUT2D eigenvalue weighted by Crippen LogP contribution is 2.36. The smallest absolute Gasteiger partial charge is 0.0702 e. The van der Waals surface area contributed by atoms with E-state index in [1.54, 1.807) is 0 Å². The first-order valence-electron chi connectivity index (χ1n) is 8.41. The van der Waals surface area contributed by atoms with Crippen molar-refractivity contribution in [2.75, 3.05) is 26.8 Å². The topological polar surface area (TPSA) is 44.7 Å². The lowest BCUT2D eigenvalue weighted by molar-refractivity contribution is -0.00854. The van der Waals surface area contributed by atoms with Crippen molar-refractivity contribution in [1.29, 1.82) is 0 Å². The van der Waals surface area contributed by atoms with E-state index in [1.165, 1.54) is 38.5 Å². The average Bonchev–Trinajstić information content (AvgIpc) is 3.17. The lowest BCUT2D eigenvalue weighted by atomic mass is 9.98. The summed E-state index contributed by atoms with van der Waals surface area (Å²) in [6, 6.07) is 1.27. The molecule has 1 saturated heterocycles. The molecule has 0 aromatic rings. The van der Waals surface area contributed by atoms with Crippen molar-refractivity contribution in [2.45, 2.75) is 75.1 Å². The third-order valence-corrected chi connectivity index (χ3v) is 5.36. The molecule has 3 rings (SSSR count).